The Morgan fingerprint density at radius 1 is 1.29 bits per heavy atom. The first-order valence-corrected chi connectivity index (χ1v) is 6.03. The lowest BCUT2D eigenvalue weighted by Crippen LogP contribution is -1.97. The van der Waals surface area contributed by atoms with E-state index in [2.05, 4.69) is 31.9 Å². The number of halogens is 2. The van der Waals surface area contributed by atoms with E-state index in [0.717, 1.165) is 32.4 Å². The Kier molecular flexibility index (Phi) is 4.26. The van der Waals surface area contributed by atoms with Gasteiger partial charge < -0.3 is 9.47 Å². The number of hydrogen-bond acceptors (Lipinski definition) is 2. The standard InChI is InChI=1S/C10H12Br2O2/c1-6-4-8(13-2)9(12)7(5-11)10(6)14-3/h4H,5H2,1-3H3. The van der Waals surface area contributed by atoms with Crippen molar-refractivity contribution in [3.05, 3.63) is 21.7 Å². The Labute approximate surface area is 101 Å². The van der Waals surface area contributed by atoms with Crippen molar-refractivity contribution in [3.63, 3.8) is 0 Å². The number of rotatable bonds is 3. The topological polar surface area (TPSA) is 18.5 Å². The summed E-state index contributed by atoms with van der Waals surface area (Å²) in [7, 11) is 3.33. The third-order valence-electron chi connectivity index (χ3n) is 2.02. The number of hydrogen-bond donors (Lipinski definition) is 0. The molecule has 4 heteroatoms. The van der Waals surface area contributed by atoms with Gasteiger partial charge in [0.05, 0.1) is 18.7 Å². The minimum absolute atomic E-state index is 0.731. The zero-order valence-electron chi connectivity index (χ0n) is 8.36. The molecule has 0 aromatic heterocycles. The molecule has 0 N–H and O–H groups in total. The molecule has 1 rings (SSSR count). The summed E-state index contributed by atoms with van der Waals surface area (Å²) < 4.78 is 11.5. The minimum atomic E-state index is 0.731. The fraction of sp³-hybridized carbons (Fsp3) is 0.400. The highest BCUT2D eigenvalue weighted by atomic mass is 79.9. The number of ether oxygens (including phenoxy) is 2. The molecular weight excluding hydrogens is 312 g/mol. The average molecular weight is 324 g/mol. The number of methoxy groups -OCH3 is 2. The van der Waals surface area contributed by atoms with Crippen LogP contribution in [0.2, 0.25) is 0 Å². The van der Waals surface area contributed by atoms with Crippen LogP contribution in [0, 0.1) is 6.92 Å². The van der Waals surface area contributed by atoms with Gasteiger partial charge in [0.1, 0.15) is 11.5 Å². The summed E-state index contributed by atoms with van der Waals surface area (Å²) in [5.74, 6) is 1.73. The second-order valence-corrected chi connectivity index (χ2v) is 4.21. The molecule has 0 spiro atoms. The lowest BCUT2D eigenvalue weighted by Gasteiger charge is -2.14. The van der Waals surface area contributed by atoms with E-state index in [-0.39, 0.29) is 0 Å². The molecule has 2 nitrogen and oxygen atoms in total. The zero-order chi connectivity index (χ0) is 10.7. The number of aryl methyl sites for hydroxylation is 1. The maximum atomic E-state index is 5.33. The van der Waals surface area contributed by atoms with E-state index in [1.807, 2.05) is 13.0 Å². The highest BCUT2D eigenvalue weighted by molar-refractivity contribution is 9.11. The van der Waals surface area contributed by atoms with Gasteiger partial charge in [-0.2, -0.15) is 0 Å². The molecule has 0 bridgehead atoms. The first kappa shape index (κ1) is 11.9. The van der Waals surface area contributed by atoms with Crippen LogP contribution >= 0.6 is 31.9 Å². The van der Waals surface area contributed by atoms with Gasteiger partial charge in [-0.1, -0.05) is 15.9 Å². The van der Waals surface area contributed by atoms with Crippen molar-refractivity contribution < 1.29 is 9.47 Å². The quantitative estimate of drug-likeness (QED) is 0.790. The molecule has 0 aliphatic carbocycles. The molecule has 0 aliphatic heterocycles. The smallest absolute Gasteiger partial charge is 0.133 e. The maximum Gasteiger partial charge on any atom is 0.133 e. The fourth-order valence-corrected chi connectivity index (χ4v) is 2.87. The van der Waals surface area contributed by atoms with Crippen molar-refractivity contribution in [3.8, 4) is 11.5 Å². The van der Waals surface area contributed by atoms with Gasteiger partial charge >= 0.3 is 0 Å². The van der Waals surface area contributed by atoms with Crippen molar-refractivity contribution >= 4 is 31.9 Å². The van der Waals surface area contributed by atoms with Crippen LogP contribution in [0.15, 0.2) is 10.5 Å². The SMILES string of the molecule is COc1cc(C)c(OC)c(CBr)c1Br. The first-order chi connectivity index (χ1) is 6.65. The summed E-state index contributed by atoms with van der Waals surface area (Å²) in [4.78, 5) is 0. The molecule has 1 aromatic rings. The van der Waals surface area contributed by atoms with Crippen molar-refractivity contribution in [2.24, 2.45) is 0 Å². The van der Waals surface area contributed by atoms with Crippen molar-refractivity contribution in [2.75, 3.05) is 14.2 Å². The van der Waals surface area contributed by atoms with Crippen LogP contribution in [0.3, 0.4) is 0 Å². The van der Waals surface area contributed by atoms with Crippen LogP contribution in [-0.4, -0.2) is 14.2 Å². The predicted octanol–water partition coefficient (Wildman–Crippen LogP) is 3.67. The van der Waals surface area contributed by atoms with E-state index in [1.165, 1.54) is 0 Å². The number of benzene rings is 1. The van der Waals surface area contributed by atoms with Gasteiger partial charge in [0, 0.05) is 10.9 Å². The molecule has 0 saturated carbocycles. The zero-order valence-corrected chi connectivity index (χ0v) is 11.5. The van der Waals surface area contributed by atoms with Crippen molar-refractivity contribution in [1.82, 2.24) is 0 Å². The van der Waals surface area contributed by atoms with E-state index >= 15 is 0 Å². The van der Waals surface area contributed by atoms with E-state index in [4.69, 9.17) is 9.47 Å². The van der Waals surface area contributed by atoms with Gasteiger partial charge in [-0.15, -0.1) is 0 Å². The van der Waals surface area contributed by atoms with Gasteiger partial charge in [0.25, 0.3) is 0 Å². The number of alkyl halides is 1. The monoisotopic (exact) mass is 322 g/mol. The predicted molar refractivity (Wildman–Crippen MR) is 64.6 cm³/mol. The molecular formula is C10H12Br2O2. The highest BCUT2D eigenvalue weighted by Gasteiger charge is 2.14. The van der Waals surface area contributed by atoms with Crippen LogP contribution in [0.5, 0.6) is 11.5 Å². The second kappa shape index (κ2) is 5.03. The lowest BCUT2D eigenvalue weighted by atomic mass is 10.1. The van der Waals surface area contributed by atoms with Gasteiger partial charge in [-0.25, -0.2) is 0 Å². The molecule has 78 valence electrons. The van der Waals surface area contributed by atoms with Crippen molar-refractivity contribution in [2.45, 2.75) is 12.3 Å². The largest absolute Gasteiger partial charge is 0.496 e. The summed E-state index contributed by atoms with van der Waals surface area (Å²) in [6.07, 6.45) is 0. The molecule has 1 aromatic carbocycles. The minimum Gasteiger partial charge on any atom is -0.496 e. The Morgan fingerprint density at radius 2 is 1.93 bits per heavy atom. The van der Waals surface area contributed by atoms with Crippen LogP contribution in [-0.2, 0) is 5.33 Å². The molecule has 0 atom stereocenters. The molecule has 0 amide bonds. The molecule has 0 fully saturated rings. The fourth-order valence-electron chi connectivity index (χ4n) is 1.36. The molecule has 0 heterocycles. The summed E-state index contributed by atoms with van der Waals surface area (Å²) >= 11 is 6.92. The van der Waals surface area contributed by atoms with Gasteiger partial charge in [0.2, 0.25) is 0 Å². The molecule has 0 aliphatic rings. The molecule has 0 radical (unpaired) electrons. The Morgan fingerprint density at radius 3 is 2.36 bits per heavy atom. The Hall–Kier alpha value is -0.220. The van der Waals surface area contributed by atoms with Crippen molar-refractivity contribution in [1.29, 1.82) is 0 Å². The average Bonchev–Trinajstić information content (AvgIpc) is 2.20. The van der Waals surface area contributed by atoms with E-state index < -0.39 is 0 Å². The Balaban J connectivity index is 3.40. The summed E-state index contributed by atoms with van der Waals surface area (Å²) in [5.41, 5.74) is 2.14. The second-order valence-electron chi connectivity index (χ2n) is 2.86. The third-order valence-corrected chi connectivity index (χ3v) is 3.45. The summed E-state index contributed by atoms with van der Waals surface area (Å²) in [5, 5.41) is 0.731. The lowest BCUT2D eigenvalue weighted by molar-refractivity contribution is 0.395. The van der Waals surface area contributed by atoms with Crippen LogP contribution in [0.4, 0.5) is 0 Å². The van der Waals surface area contributed by atoms with Crippen LogP contribution < -0.4 is 9.47 Å². The molecule has 0 saturated heterocycles. The van der Waals surface area contributed by atoms with Gasteiger partial charge in [-0.3, -0.25) is 0 Å². The van der Waals surface area contributed by atoms with Crippen LogP contribution in [0.1, 0.15) is 11.1 Å². The highest BCUT2D eigenvalue weighted by Crippen LogP contribution is 2.38. The van der Waals surface area contributed by atoms with Crippen LogP contribution in [0.25, 0.3) is 0 Å². The van der Waals surface area contributed by atoms with Gasteiger partial charge in [-0.05, 0) is 34.5 Å². The Bertz CT molecular complexity index is 337. The molecule has 0 unspecified atom stereocenters. The maximum absolute atomic E-state index is 5.33. The third kappa shape index (κ3) is 2.06. The van der Waals surface area contributed by atoms with E-state index in [0.29, 0.717) is 0 Å². The molecule has 14 heavy (non-hydrogen) atoms. The normalized spacial score (nSPS) is 10.1. The summed E-state index contributed by atoms with van der Waals surface area (Å²) in [6, 6.07) is 1.95. The summed E-state index contributed by atoms with van der Waals surface area (Å²) in [6.45, 7) is 2.00. The van der Waals surface area contributed by atoms with E-state index in [9.17, 15) is 0 Å². The first-order valence-electron chi connectivity index (χ1n) is 4.11. The van der Waals surface area contributed by atoms with Gasteiger partial charge in [0.15, 0.2) is 0 Å². The van der Waals surface area contributed by atoms with E-state index in [1.54, 1.807) is 14.2 Å².